The van der Waals surface area contributed by atoms with Crippen LogP contribution in [0.2, 0.25) is 0 Å². The van der Waals surface area contributed by atoms with Gasteiger partial charge < -0.3 is 23.8 Å². The van der Waals surface area contributed by atoms with Crippen molar-refractivity contribution in [3.8, 4) is 23.0 Å². The van der Waals surface area contributed by atoms with Crippen LogP contribution in [0.3, 0.4) is 0 Å². The summed E-state index contributed by atoms with van der Waals surface area (Å²) in [6.45, 7) is 1.06. The highest BCUT2D eigenvalue weighted by atomic mass is 19.4. The van der Waals surface area contributed by atoms with E-state index in [4.69, 9.17) is 14.2 Å². The van der Waals surface area contributed by atoms with Crippen LogP contribution in [0.1, 0.15) is 17.5 Å². The Morgan fingerprint density at radius 3 is 2.39 bits per heavy atom. The van der Waals surface area contributed by atoms with E-state index in [0.29, 0.717) is 53.6 Å². The fraction of sp³-hybridized carbons (Fsp3) is 0.296. The number of amides is 2. The number of ether oxygens (including phenoxy) is 4. The van der Waals surface area contributed by atoms with Crippen LogP contribution in [-0.4, -0.2) is 44.6 Å². The number of alkyl halides is 3. The third kappa shape index (κ3) is 6.58. The highest BCUT2D eigenvalue weighted by molar-refractivity contribution is 5.93. The van der Waals surface area contributed by atoms with E-state index in [-0.39, 0.29) is 24.9 Å². The van der Waals surface area contributed by atoms with E-state index < -0.39 is 12.2 Å². The molecule has 7 nitrogen and oxygen atoms in total. The lowest BCUT2D eigenvalue weighted by Crippen LogP contribution is -2.49. The summed E-state index contributed by atoms with van der Waals surface area (Å²) < 4.78 is 72.0. The minimum Gasteiger partial charge on any atom is -0.496 e. The van der Waals surface area contributed by atoms with Crippen molar-refractivity contribution in [3.05, 3.63) is 77.6 Å². The number of carbonyl (C=O) groups is 1. The third-order valence-electron chi connectivity index (χ3n) is 5.90. The lowest BCUT2D eigenvalue weighted by molar-refractivity contribution is -0.274. The fourth-order valence-electron chi connectivity index (χ4n) is 4.18. The molecule has 0 aromatic heterocycles. The number of halogens is 4. The van der Waals surface area contributed by atoms with Crippen molar-refractivity contribution in [1.29, 1.82) is 0 Å². The van der Waals surface area contributed by atoms with Crippen molar-refractivity contribution in [2.75, 3.05) is 32.2 Å². The van der Waals surface area contributed by atoms with Crippen LogP contribution in [0.4, 0.5) is 28.0 Å². The number of nitrogens with zero attached hydrogens (tertiary/aromatic N) is 2. The molecule has 0 radical (unpaired) electrons. The first kappa shape index (κ1) is 26.9. The summed E-state index contributed by atoms with van der Waals surface area (Å²) in [6, 6.07) is 14.4. The molecule has 1 fully saturated rings. The minimum absolute atomic E-state index is 0.0612. The first-order valence-electron chi connectivity index (χ1n) is 11.7. The van der Waals surface area contributed by atoms with Crippen LogP contribution in [-0.2, 0) is 13.2 Å². The van der Waals surface area contributed by atoms with Gasteiger partial charge in [0.05, 0.1) is 20.8 Å². The SMILES string of the molecule is COc1ccc(F)cc1CN1CCCN(c2ccc(OC)c(OCc3cccc(OC(F)(F)F)c3)c2)C1=O. The molecule has 0 aliphatic carbocycles. The van der Waals surface area contributed by atoms with Gasteiger partial charge in [-0.15, -0.1) is 13.2 Å². The Morgan fingerprint density at radius 2 is 1.66 bits per heavy atom. The van der Waals surface area contributed by atoms with Gasteiger partial charge in [-0.25, -0.2) is 9.18 Å². The summed E-state index contributed by atoms with van der Waals surface area (Å²) in [4.78, 5) is 16.5. The van der Waals surface area contributed by atoms with Crippen LogP contribution in [0.15, 0.2) is 60.7 Å². The fourth-order valence-corrected chi connectivity index (χ4v) is 4.18. The molecule has 0 N–H and O–H groups in total. The number of hydrogen-bond acceptors (Lipinski definition) is 5. The number of methoxy groups -OCH3 is 2. The Kier molecular flexibility index (Phi) is 8.13. The number of rotatable bonds is 9. The zero-order valence-corrected chi connectivity index (χ0v) is 20.8. The Bertz CT molecular complexity index is 1280. The molecular formula is C27H26F4N2O5. The lowest BCUT2D eigenvalue weighted by Gasteiger charge is -2.36. The smallest absolute Gasteiger partial charge is 0.496 e. The van der Waals surface area contributed by atoms with E-state index in [9.17, 15) is 22.4 Å². The molecule has 202 valence electrons. The lowest BCUT2D eigenvalue weighted by atomic mass is 10.1. The zero-order chi connectivity index (χ0) is 27.3. The van der Waals surface area contributed by atoms with Gasteiger partial charge in [-0.1, -0.05) is 12.1 Å². The average molecular weight is 535 g/mol. The van der Waals surface area contributed by atoms with Crippen molar-refractivity contribution in [3.63, 3.8) is 0 Å². The van der Waals surface area contributed by atoms with Crippen molar-refractivity contribution in [2.24, 2.45) is 0 Å². The molecule has 1 aliphatic rings. The molecular weight excluding hydrogens is 508 g/mol. The van der Waals surface area contributed by atoms with Crippen LogP contribution in [0, 0.1) is 5.82 Å². The molecule has 4 rings (SSSR count). The zero-order valence-electron chi connectivity index (χ0n) is 20.8. The van der Waals surface area contributed by atoms with Gasteiger partial charge in [-0.2, -0.15) is 0 Å². The Morgan fingerprint density at radius 1 is 0.895 bits per heavy atom. The largest absolute Gasteiger partial charge is 0.573 e. The van der Waals surface area contributed by atoms with E-state index in [0.717, 1.165) is 0 Å². The number of urea groups is 1. The summed E-state index contributed by atoms with van der Waals surface area (Å²) in [5, 5.41) is 0. The van der Waals surface area contributed by atoms with Crippen molar-refractivity contribution >= 4 is 11.7 Å². The summed E-state index contributed by atoms with van der Waals surface area (Å²) >= 11 is 0. The summed E-state index contributed by atoms with van der Waals surface area (Å²) in [6.07, 6.45) is -4.12. The van der Waals surface area contributed by atoms with Crippen LogP contribution in [0.5, 0.6) is 23.0 Å². The molecule has 0 saturated carbocycles. The Balaban J connectivity index is 1.50. The van der Waals surface area contributed by atoms with E-state index in [2.05, 4.69) is 4.74 Å². The van der Waals surface area contributed by atoms with Crippen LogP contribution < -0.4 is 23.8 Å². The molecule has 11 heteroatoms. The number of carbonyl (C=O) groups excluding carboxylic acids is 1. The van der Waals surface area contributed by atoms with Gasteiger partial charge in [0, 0.05) is 30.4 Å². The predicted octanol–water partition coefficient (Wildman–Crippen LogP) is 6.15. The minimum atomic E-state index is -4.80. The van der Waals surface area contributed by atoms with Gasteiger partial charge >= 0.3 is 12.4 Å². The Labute approximate surface area is 217 Å². The first-order chi connectivity index (χ1) is 18.2. The van der Waals surface area contributed by atoms with Gasteiger partial charge in [0.15, 0.2) is 11.5 Å². The molecule has 2 amide bonds. The van der Waals surface area contributed by atoms with Crippen molar-refractivity contribution in [1.82, 2.24) is 4.90 Å². The molecule has 0 bridgehead atoms. The molecule has 0 unspecified atom stereocenters. The highest BCUT2D eigenvalue weighted by Gasteiger charge is 2.31. The number of anilines is 1. The van der Waals surface area contributed by atoms with E-state index in [1.807, 2.05) is 0 Å². The summed E-state index contributed by atoms with van der Waals surface area (Å²) in [5.41, 5.74) is 1.55. The normalized spacial score (nSPS) is 13.9. The number of hydrogen-bond donors (Lipinski definition) is 0. The molecule has 38 heavy (non-hydrogen) atoms. The van der Waals surface area contributed by atoms with Gasteiger partial charge in [-0.05, 0) is 54.4 Å². The number of benzene rings is 3. The summed E-state index contributed by atoms with van der Waals surface area (Å²) in [5.74, 6) is 0.412. The molecule has 0 atom stereocenters. The second-order valence-corrected chi connectivity index (χ2v) is 8.48. The van der Waals surface area contributed by atoms with Crippen molar-refractivity contribution in [2.45, 2.75) is 25.9 Å². The molecule has 1 aliphatic heterocycles. The molecule has 1 saturated heterocycles. The van der Waals surface area contributed by atoms with E-state index in [1.54, 1.807) is 34.1 Å². The second-order valence-electron chi connectivity index (χ2n) is 8.48. The maximum atomic E-state index is 13.8. The molecule has 0 spiro atoms. The maximum Gasteiger partial charge on any atom is 0.573 e. The monoisotopic (exact) mass is 534 g/mol. The average Bonchev–Trinajstić information content (AvgIpc) is 2.88. The maximum absolute atomic E-state index is 13.8. The van der Waals surface area contributed by atoms with Gasteiger partial charge in [-0.3, -0.25) is 4.90 Å². The van der Waals surface area contributed by atoms with E-state index >= 15 is 0 Å². The summed E-state index contributed by atoms with van der Waals surface area (Å²) in [7, 11) is 2.94. The van der Waals surface area contributed by atoms with E-state index in [1.165, 1.54) is 50.6 Å². The quantitative estimate of drug-likeness (QED) is 0.308. The van der Waals surface area contributed by atoms with Gasteiger partial charge in [0.1, 0.15) is 23.9 Å². The standard InChI is InChI=1S/C27H26F4N2O5/c1-35-23-9-7-20(28)14-19(23)16-32-11-4-12-33(26(32)34)21-8-10-24(36-2)25(15-21)37-17-18-5-3-6-22(13-18)38-27(29,30)31/h3,5-10,13-15H,4,11-12,16-17H2,1-2H3. The molecule has 3 aromatic rings. The Hall–Kier alpha value is -4.15. The second kappa shape index (κ2) is 11.5. The third-order valence-corrected chi connectivity index (χ3v) is 5.90. The first-order valence-corrected chi connectivity index (χ1v) is 11.7. The molecule has 1 heterocycles. The highest BCUT2D eigenvalue weighted by Crippen LogP contribution is 2.34. The van der Waals surface area contributed by atoms with Crippen LogP contribution in [0.25, 0.3) is 0 Å². The predicted molar refractivity (Wildman–Crippen MR) is 131 cm³/mol. The topological polar surface area (TPSA) is 60.5 Å². The molecule has 3 aromatic carbocycles. The van der Waals surface area contributed by atoms with Gasteiger partial charge in [0.25, 0.3) is 0 Å². The van der Waals surface area contributed by atoms with Crippen LogP contribution >= 0.6 is 0 Å². The van der Waals surface area contributed by atoms with Gasteiger partial charge in [0.2, 0.25) is 0 Å². The van der Waals surface area contributed by atoms with Crippen molar-refractivity contribution < 1.29 is 41.3 Å².